The first-order chi connectivity index (χ1) is 13.4. The molecule has 0 saturated carbocycles. The molecule has 1 saturated heterocycles. The van der Waals surface area contributed by atoms with Crippen LogP contribution in [0, 0.1) is 12.8 Å². The van der Waals surface area contributed by atoms with Gasteiger partial charge in [-0.1, -0.05) is 26.0 Å². The lowest BCUT2D eigenvalue weighted by molar-refractivity contribution is 0.0900. The Labute approximate surface area is 176 Å². The maximum atomic E-state index is 4.86. The van der Waals surface area contributed by atoms with Gasteiger partial charge in [0.1, 0.15) is 0 Å². The molecule has 0 amide bonds. The van der Waals surface area contributed by atoms with Crippen molar-refractivity contribution in [3.05, 3.63) is 29.3 Å². The molecule has 1 atom stereocenters. The van der Waals surface area contributed by atoms with Crippen molar-refractivity contribution in [3.63, 3.8) is 0 Å². The minimum absolute atomic E-state index is 0.527. The van der Waals surface area contributed by atoms with Crippen LogP contribution in [0.4, 0.5) is 0 Å². The number of likely N-dealkylation sites (N-methyl/N-ethyl adjacent to an activating group) is 1. The van der Waals surface area contributed by atoms with Crippen molar-refractivity contribution in [3.8, 4) is 0 Å². The highest BCUT2D eigenvalue weighted by molar-refractivity contribution is 7.98. The van der Waals surface area contributed by atoms with Crippen LogP contribution in [0.2, 0.25) is 0 Å². The number of hydrogen-bond acceptors (Lipinski definition) is 4. The van der Waals surface area contributed by atoms with Crippen LogP contribution in [0.1, 0.15) is 31.9 Å². The molecule has 1 aromatic carbocycles. The number of aliphatic imine (C=N–C) groups is 1. The minimum Gasteiger partial charge on any atom is -0.357 e. The molecule has 1 fully saturated rings. The van der Waals surface area contributed by atoms with E-state index in [1.54, 1.807) is 11.8 Å². The Kier molecular flexibility index (Phi) is 9.62. The van der Waals surface area contributed by atoms with Crippen LogP contribution in [0.5, 0.6) is 0 Å². The highest BCUT2D eigenvalue weighted by Gasteiger charge is 2.25. The maximum Gasteiger partial charge on any atom is 0.191 e. The van der Waals surface area contributed by atoms with Crippen LogP contribution < -0.4 is 10.6 Å². The van der Waals surface area contributed by atoms with Gasteiger partial charge in [-0.05, 0) is 50.3 Å². The maximum absolute atomic E-state index is 4.86. The van der Waals surface area contributed by atoms with Crippen molar-refractivity contribution in [2.75, 3.05) is 52.6 Å². The van der Waals surface area contributed by atoms with Gasteiger partial charge in [-0.2, -0.15) is 0 Å². The average Bonchev–Trinajstić information content (AvgIpc) is 2.67. The second kappa shape index (κ2) is 11.7. The number of aryl methyl sites for hydroxylation is 1. The predicted octanol–water partition coefficient (Wildman–Crippen LogP) is 3.04. The zero-order valence-corrected chi connectivity index (χ0v) is 19.4. The molecule has 1 aliphatic heterocycles. The summed E-state index contributed by atoms with van der Waals surface area (Å²) in [6.45, 7) is 16.0. The Morgan fingerprint density at radius 1 is 1.18 bits per heavy atom. The molecule has 6 heteroatoms. The van der Waals surface area contributed by atoms with Crippen LogP contribution in [-0.4, -0.2) is 74.4 Å². The largest absolute Gasteiger partial charge is 0.357 e. The SMILES string of the molecule is CCNC(=NCc1ccc(C)cc1SC)NCC(C(C)C)N1CCN(C)CC1. The van der Waals surface area contributed by atoms with Gasteiger partial charge < -0.3 is 15.5 Å². The van der Waals surface area contributed by atoms with E-state index in [2.05, 4.69) is 79.6 Å². The number of thioether (sulfide) groups is 1. The highest BCUT2D eigenvalue weighted by atomic mass is 32.2. The lowest BCUT2D eigenvalue weighted by atomic mass is 10.0. The molecule has 1 unspecified atom stereocenters. The van der Waals surface area contributed by atoms with Gasteiger partial charge in [0.25, 0.3) is 0 Å². The fourth-order valence-corrected chi connectivity index (χ4v) is 4.33. The third kappa shape index (κ3) is 6.98. The molecule has 2 rings (SSSR count). The Bertz CT molecular complexity index is 623. The van der Waals surface area contributed by atoms with Crippen molar-refractivity contribution >= 4 is 17.7 Å². The second-order valence-electron chi connectivity index (χ2n) is 8.04. The number of benzene rings is 1. The first kappa shape index (κ1) is 23.0. The van der Waals surface area contributed by atoms with E-state index in [-0.39, 0.29) is 0 Å². The van der Waals surface area contributed by atoms with Crippen molar-refractivity contribution in [2.24, 2.45) is 10.9 Å². The van der Waals surface area contributed by atoms with Crippen molar-refractivity contribution < 1.29 is 0 Å². The Balaban J connectivity index is 2.01. The highest BCUT2D eigenvalue weighted by Crippen LogP contribution is 2.22. The molecular weight excluding hydrogens is 366 g/mol. The van der Waals surface area contributed by atoms with Gasteiger partial charge in [0.2, 0.25) is 0 Å². The lowest BCUT2D eigenvalue weighted by Gasteiger charge is -2.40. The molecule has 5 nitrogen and oxygen atoms in total. The zero-order chi connectivity index (χ0) is 20.5. The summed E-state index contributed by atoms with van der Waals surface area (Å²) < 4.78 is 0. The van der Waals surface area contributed by atoms with E-state index in [4.69, 9.17) is 4.99 Å². The average molecular weight is 406 g/mol. The van der Waals surface area contributed by atoms with E-state index in [9.17, 15) is 0 Å². The van der Waals surface area contributed by atoms with Crippen molar-refractivity contribution in [1.82, 2.24) is 20.4 Å². The van der Waals surface area contributed by atoms with Gasteiger partial charge in [0.15, 0.2) is 5.96 Å². The fraction of sp³-hybridized carbons (Fsp3) is 0.682. The Morgan fingerprint density at radius 2 is 1.89 bits per heavy atom. The van der Waals surface area contributed by atoms with Gasteiger partial charge in [-0.25, -0.2) is 4.99 Å². The first-order valence-corrected chi connectivity index (χ1v) is 11.7. The summed E-state index contributed by atoms with van der Waals surface area (Å²) in [7, 11) is 2.21. The molecule has 1 aromatic rings. The van der Waals surface area contributed by atoms with Gasteiger partial charge in [0, 0.05) is 50.2 Å². The van der Waals surface area contributed by atoms with Crippen LogP contribution in [0.15, 0.2) is 28.1 Å². The molecule has 2 N–H and O–H groups in total. The fourth-order valence-electron chi connectivity index (χ4n) is 3.63. The number of rotatable bonds is 8. The van der Waals surface area contributed by atoms with Gasteiger partial charge >= 0.3 is 0 Å². The topological polar surface area (TPSA) is 42.9 Å². The third-order valence-electron chi connectivity index (χ3n) is 5.45. The molecule has 1 aliphatic rings. The smallest absolute Gasteiger partial charge is 0.191 e. The Morgan fingerprint density at radius 3 is 2.50 bits per heavy atom. The van der Waals surface area contributed by atoms with Crippen molar-refractivity contribution in [1.29, 1.82) is 0 Å². The third-order valence-corrected chi connectivity index (χ3v) is 6.27. The second-order valence-corrected chi connectivity index (χ2v) is 8.89. The quantitative estimate of drug-likeness (QED) is 0.395. The van der Waals surface area contributed by atoms with E-state index in [0.29, 0.717) is 18.5 Å². The van der Waals surface area contributed by atoms with Crippen LogP contribution in [0.3, 0.4) is 0 Å². The summed E-state index contributed by atoms with van der Waals surface area (Å²) >= 11 is 1.79. The normalized spacial score (nSPS) is 17.8. The molecule has 0 aromatic heterocycles. The summed E-state index contributed by atoms with van der Waals surface area (Å²) in [6, 6.07) is 7.15. The first-order valence-electron chi connectivity index (χ1n) is 10.5. The molecule has 1 heterocycles. The summed E-state index contributed by atoms with van der Waals surface area (Å²) in [4.78, 5) is 11.2. The number of hydrogen-bond donors (Lipinski definition) is 2. The summed E-state index contributed by atoms with van der Waals surface area (Å²) in [6.07, 6.45) is 2.13. The number of piperazine rings is 1. The van der Waals surface area contributed by atoms with E-state index < -0.39 is 0 Å². The molecule has 0 bridgehead atoms. The van der Waals surface area contributed by atoms with Crippen molar-refractivity contribution in [2.45, 2.75) is 45.2 Å². The number of guanidine groups is 1. The standard InChI is InChI=1S/C22H39N5S/c1-7-23-22(24-15-19-9-8-18(4)14-21(19)28-6)25-16-20(17(2)3)27-12-10-26(5)11-13-27/h8-9,14,17,20H,7,10-13,15-16H2,1-6H3,(H2,23,24,25). The molecule has 158 valence electrons. The van der Waals surface area contributed by atoms with E-state index in [1.165, 1.54) is 16.0 Å². The summed E-state index contributed by atoms with van der Waals surface area (Å²) in [5.41, 5.74) is 2.59. The van der Waals surface area contributed by atoms with Gasteiger partial charge in [-0.3, -0.25) is 4.90 Å². The van der Waals surface area contributed by atoms with E-state index in [1.807, 2.05) is 0 Å². The zero-order valence-electron chi connectivity index (χ0n) is 18.6. The predicted molar refractivity (Wildman–Crippen MR) is 123 cm³/mol. The van der Waals surface area contributed by atoms with Crippen LogP contribution in [-0.2, 0) is 6.54 Å². The summed E-state index contributed by atoms with van der Waals surface area (Å²) in [5, 5.41) is 7.02. The Hall–Kier alpha value is -1.24. The van der Waals surface area contributed by atoms with E-state index >= 15 is 0 Å². The van der Waals surface area contributed by atoms with Crippen LogP contribution in [0.25, 0.3) is 0 Å². The summed E-state index contributed by atoms with van der Waals surface area (Å²) in [5.74, 6) is 1.52. The number of nitrogens with one attached hydrogen (secondary N) is 2. The lowest BCUT2D eigenvalue weighted by Crippen LogP contribution is -2.55. The molecule has 0 aliphatic carbocycles. The van der Waals surface area contributed by atoms with Gasteiger partial charge in [-0.15, -0.1) is 11.8 Å². The number of nitrogens with zero attached hydrogens (tertiary/aromatic N) is 3. The van der Waals surface area contributed by atoms with E-state index in [0.717, 1.165) is 45.2 Å². The van der Waals surface area contributed by atoms with Crippen LogP contribution >= 0.6 is 11.8 Å². The minimum atomic E-state index is 0.527. The van der Waals surface area contributed by atoms with Gasteiger partial charge in [0.05, 0.1) is 6.54 Å². The molecular formula is C22H39N5S. The molecule has 0 radical (unpaired) electrons. The molecule has 0 spiro atoms. The molecule has 28 heavy (non-hydrogen) atoms. The monoisotopic (exact) mass is 405 g/mol.